The number of rotatable bonds is 6. The molecule has 92 valence electrons. The highest BCUT2D eigenvalue weighted by Crippen LogP contribution is 2.20. The summed E-state index contributed by atoms with van der Waals surface area (Å²) in [4.78, 5) is 2.41. The molecule has 0 aromatic rings. The molecule has 1 rings (SSSR count). The lowest BCUT2D eigenvalue weighted by atomic mass is 9.99. The van der Waals surface area contributed by atoms with Crippen molar-refractivity contribution in [1.82, 2.24) is 10.2 Å². The Balaban J connectivity index is 2.46. The summed E-state index contributed by atoms with van der Waals surface area (Å²) in [5, 5.41) is 12.6. The predicted octanol–water partition coefficient (Wildman–Crippen LogP) is 2.14. The van der Waals surface area contributed by atoms with E-state index in [1.54, 1.807) is 0 Å². The molecule has 1 fully saturated rings. The summed E-state index contributed by atoms with van der Waals surface area (Å²) in [7, 11) is 0. The third-order valence-corrected chi connectivity index (χ3v) is 3.42. The first-order chi connectivity index (χ1) is 7.83. The van der Waals surface area contributed by atoms with Gasteiger partial charge in [-0.15, -0.1) is 0 Å². The Labute approximate surface area is 99.8 Å². The van der Waals surface area contributed by atoms with Gasteiger partial charge in [-0.25, -0.2) is 0 Å². The van der Waals surface area contributed by atoms with Gasteiger partial charge in [-0.2, -0.15) is 5.26 Å². The molecule has 16 heavy (non-hydrogen) atoms. The number of nitrogens with zero attached hydrogens (tertiary/aromatic N) is 2. The molecule has 1 aliphatic rings. The molecule has 0 bridgehead atoms. The van der Waals surface area contributed by atoms with Gasteiger partial charge in [0.25, 0.3) is 0 Å². The number of piperidine rings is 1. The van der Waals surface area contributed by atoms with Gasteiger partial charge in [0.05, 0.1) is 12.1 Å². The van der Waals surface area contributed by atoms with E-state index in [0.717, 1.165) is 26.1 Å². The monoisotopic (exact) mass is 223 g/mol. The minimum atomic E-state index is 0.119. The van der Waals surface area contributed by atoms with Crippen LogP contribution in [-0.4, -0.2) is 36.6 Å². The van der Waals surface area contributed by atoms with E-state index in [-0.39, 0.29) is 6.04 Å². The maximum atomic E-state index is 9.16. The van der Waals surface area contributed by atoms with Crippen molar-refractivity contribution < 1.29 is 0 Å². The number of nitrogens with one attached hydrogen (secondary N) is 1. The Morgan fingerprint density at radius 1 is 1.44 bits per heavy atom. The fourth-order valence-electron chi connectivity index (χ4n) is 2.50. The molecular formula is C13H25N3. The zero-order valence-electron chi connectivity index (χ0n) is 10.7. The van der Waals surface area contributed by atoms with Crippen molar-refractivity contribution in [2.75, 3.05) is 19.6 Å². The van der Waals surface area contributed by atoms with Crippen LogP contribution in [0.15, 0.2) is 0 Å². The van der Waals surface area contributed by atoms with Gasteiger partial charge in [-0.3, -0.25) is 4.90 Å². The van der Waals surface area contributed by atoms with Gasteiger partial charge >= 0.3 is 0 Å². The summed E-state index contributed by atoms with van der Waals surface area (Å²) in [5.41, 5.74) is 0. The van der Waals surface area contributed by atoms with Crippen LogP contribution in [0, 0.1) is 11.3 Å². The number of nitriles is 1. The molecule has 1 aliphatic heterocycles. The zero-order valence-corrected chi connectivity index (χ0v) is 10.7. The van der Waals surface area contributed by atoms with Crippen molar-refractivity contribution >= 4 is 0 Å². The second-order valence-electron chi connectivity index (χ2n) is 4.64. The largest absolute Gasteiger partial charge is 0.315 e. The third kappa shape index (κ3) is 3.77. The summed E-state index contributed by atoms with van der Waals surface area (Å²) in [5.74, 6) is 0. The first-order valence-corrected chi connectivity index (χ1v) is 6.69. The SMILES string of the molecule is CCCNCC1CCCCN1C(C#N)CC. The van der Waals surface area contributed by atoms with Gasteiger partial charge in [-0.1, -0.05) is 20.3 Å². The van der Waals surface area contributed by atoms with Crippen LogP contribution >= 0.6 is 0 Å². The van der Waals surface area contributed by atoms with E-state index in [4.69, 9.17) is 5.26 Å². The highest BCUT2D eigenvalue weighted by Gasteiger charge is 2.27. The van der Waals surface area contributed by atoms with E-state index in [0.29, 0.717) is 6.04 Å². The Bertz CT molecular complexity index is 222. The molecule has 0 aromatic heterocycles. The Morgan fingerprint density at radius 3 is 2.88 bits per heavy atom. The van der Waals surface area contributed by atoms with Crippen LogP contribution in [0.1, 0.15) is 46.0 Å². The molecule has 0 aliphatic carbocycles. The van der Waals surface area contributed by atoms with Gasteiger partial charge in [0.1, 0.15) is 0 Å². The normalized spacial score (nSPS) is 23.9. The van der Waals surface area contributed by atoms with Gasteiger partial charge < -0.3 is 5.32 Å². The van der Waals surface area contributed by atoms with Crippen molar-refractivity contribution in [2.24, 2.45) is 0 Å². The van der Waals surface area contributed by atoms with Gasteiger partial charge in [-0.05, 0) is 38.8 Å². The van der Waals surface area contributed by atoms with E-state index in [1.165, 1.54) is 25.7 Å². The number of hydrogen-bond donors (Lipinski definition) is 1. The van der Waals surface area contributed by atoms with Crippen molar-refractivity contribution in [2.45, 2.75) is 58.0 Å². The van der Waals surface area contributed by atoms with Gasteiger partial charge in [0, 0.05) is 12.6 Å². The highest BCUT2D eigenvalue weighted by atomic mass is 15.2. The average molecular weight is 223 g/mol. The van der Waals surface area contributed by atoms with E-state index in [9.17, 15) is 0 Å². The molecule has 1 heterocycles. The van der Waals surface area contributed by atoms with Crippen LogP contribution < -0.4 is 5.32 Å². The summed E-state index contributed by atoms with van der Waals surface area (Å²) < 4.78 is 0. The Kier molecular flexibility index (Phi) is 6.44. The minimum absolute atomic E-state index is 0.119. The van der Waals surface area contributed by atoms with Crippen LogP contribution in [0.25, 0.3) is 0 Å². The lowest BCUT2D eigenvalue weighted by molar-refractivity contribution is 0.116. The minimum Gasteiger partial charge on any atom is -0.315 e. The van der Waals surface area contributed by atoms with Crippen molar-refractivity contribution in [3.63, 3.8) is 0 Å². The second kappa shape index (κ2) is 7.65. The molecule has 0 saturated carbocycles. The Hall–Kier alpha value is -0.590. The molecule has 3 nitrogen and oxygen atoms in total. The maximum absolute atomic E-state index is 9.16. The lowest BCUT2D eigenvalue weighted by Crippen LogP contribution is -2.50. The Morgan fingerprint density at radius 2 is 2.25 bits per heavy atom. The fraction of sp³-hybridized carbons (Fsp3) is 0.923. The summed E-state index contributed by atoms with van der Waals surface area (Å²) >= 11 is 0. The van der Waals surface area contributed by atoms with Gasteiger partial charge in [0.2, 0.25) is 0 Å². The average Bonchev–Trinajstić information content (AvgIpc) is 2.33. The van der Waals surface area contributed by atoms with Crippen molar-refractivity contribution in [1.29, 1.82) is 5.26 Å². The molecule has 1 saturated heterocycles. The summed E-state index contributed by atoms with van der Waals surface area (Å²) in [6.45, 7) is 7.54. The number of hydrogen-bond acceptors (Lipinski definition) is 3. The van der Waals surface area contributed by atoms with E-state index in [2.05, 4.69) is 30.1 Å². The van der Waals surface area contributed by atoms with Crippen molar-refractivity contribution in [3.05, 3.63) is 0 Å². The first-order valence-electron chi connectivity index (χ1n) is 6.69. The van der Waals surface area contributed by atoms with Crippen LogP contribution in [0.3, 0.4) is 0 Å². The molecule has 0 aromatic carbocycles. The molecule has 1 N–H and O–H groups in total. The maximum Gasteiger partial charge on any atom is 0.0978 e. The summed E-state index contributed by atoms with van der Waals surface area (Å²) in [6.07, 6.45) is 5.94. The van der Waals surface area contributed by atoms with Crippen LogP contribution in [0.5, 0.6) is 0 Å². The van der Waals surface area contributed by atoms with Gasteiger partial charge in [0.15, 0.2) is 0 Å². The molecule has 0 spiro atoms. The molecule has 2 atom stereocenters. The molecule has 3 heteroatoms. The predicted molar refractivity (Wildman–Crippen MR) is 67.2 cm³/mol. The molecule has 0 amide bonds. The van der Waals surface area contributed by atoms with Crippen LogP contribution in [0.4, 0.5) is 0 Å². The quantitative estimate of drug-likeness (QED) is 0.701. The van der Waals surface area contributed by atoms with E-state index in [1.807, 2.05) is 0 Å². The van der Waals surface area contributed by atoms with Crippen LogP contribution in [-0.2, 0) is 0 Å². The zero-order chi connectivity index (χ0) is 11.8. The third-order valence-electron chi connectivity index (χ3n) is 3.42. The summed E-state index contributed by atoms with van der Waals surface area (Å²) in [6, 6.07) is 3.13. The van der Waals surface area contributed by atoms with Crippen LogP contribution in [0.2, 0.25) is 0 Å². The topological polar surface area (TPSA) is 39.1 Å². The first kappa shape index (κ1) is 13.5. The fourth-order valence-corrected chi connectivity index (χ4v) is 2.50. The highest BCUT2D eigenvalue weighted by molar-refractivity contribution is 4.95. The lowest BCUT2D eigenvalue weighted by Gasteiger charge is -2.38. The standard InChI is InChI=1S/C13H25N3/c1-3-8-15-11-13-7-5-6-9-16(13)12(4-2)10-14/h12-13,15H,3-9,11H2,1-2H3. The smallest absolute Gasteiger partial charge is 0.0978 e. The molecular weight excluding hydrogens is 198 g/mol. The number of likely N-dealkylation sites (tertiary alicyclic amines) is 1. The van der Waals surface area contributed by atoms with Crippen molar-refractivity contribution in [3.8, 4) is 6.07 Å². The van der Waals surface area contributed by atoms with E-state index >= 15 is 0 Å². The second-order valence-corrected chi connectivity index (χ2v) is 4.64. The van der Waals surface area contributed by atoms with E-state index < -0.39 is 0 Å². The molecule has 0 radical (unpaired) electrons. The molecule has 2 unspecified atom stereocenters.